The Labute approximate surface area is 163 Å². The van der Waals surface area contributed by atoms with Crippen molar-refractivity contribution in [1.82, 2.24) is 9.97 Å². The number of hydrogen-bond donors (Lipinski definition) is 4. The zero-order valence-electron chi connectivity index (χ0n) is 14.6. The number of phosphoric acid groups is 1. The summed E-state index contributed by atoms with van der Waals surface area (Å²) in [6, 6.07) is 9.61. The molecule has 0 aliphatic rings. The van der Waals surface area contributed by atoms with Gasteiger partial charge in [-0.1, -0.05) is 6.07 Å². The molecule has 3 aromatic rings. The van der Waals surface area contributed by atoms with Gasteiger partial charge in [-0.2, -0.15) is 4.98 Å². The first-order valence-corrected chi connectivity index (χ1v) is 9.67. The minimum Gasteiger partial charge on any atom is -0.367 e. The van der Waals surface area contributed by atoms with Crippen LogP contribution in [0.1, 0.15) is 0 Å². The second-order valence-corrected chi connectivity index (χ2v) is 6.98. The second kappa shape index (κ2) is 8.45. The van der Waals surface area contributed by atoms with E-state index in [9.17, 15) is 19.1 Å². The molecule has 0 radical (unpaired) electrons. The van der Waals surface area contributed by atoms with Crippen molar-refractivity contribution < 1.29 is 28.2 Å². The molecule has 11 nitrogen and oxygen atoms in total. The summed E-state index contributed by atoms with van der Waals surface area (Å²) in [7, 11) is -4.63. The zero-order chi connectivity index (χ0) is 21.0. The molecule has 4 N–H and O–H groups in total. The average molecular weight is 423 g/mol. The van der Waals surface area contributed by atoms with E-state index in [1.807, 2.05) is 0 Å². The third-order valence-electron chi connectivity index (χ3n) is 3.62. The van der Waals surface area contributed by atoms with E-state index in [2.05, 4.69) is 25.1 Å². The van der Waals surface area contributed by atoms with Gasteiger partial charge < -0.3 is 20.4 Å². The highest BCUT2D eigenvalue weighted by atomic mass is 31.2. The molecule has 0 amide bonds. The Morgan fingerprint density at radius 1 is 1.21 bits per heavy atom. The second-order valence-electron chi connectivity index (χ2n) is 5.74. The summed E-state index contributed by atoms with van der Waals surface area (Å²) in [5, 5.41) is 17.0. The van der Waals surface area contributed by atoms with Gasteiger partial charge in [-0.15, -0.1) is 0 Å². The van der Waals surface area contributed by atoms with Gasteiger partial charge in [0, 0.05) is 29.8 Å². The van der Waals surface area contributed by atoms with Crippen LogP contribution in [0.4, 0.5) is 27.5 Å². The van der Waals surface area contributed by atoms with Gasteiger partial charge in [-0.05, 0) is 24.3 Å². The number of halogens is 1. The molecule has 2 aromatic carbocycles. The van der Waals surface area contributed by atoms with Crippen LogP contribution in [0, 0.1) is 15.9 Å². The number of nitrogens with one attached hydrogen (secondary N) is 2. The normalized spacial score (nSPS) is 11.4. The molecule has 0 unspecified atom stereocenters. The molecule has 1 heterocycles. The molecule has 29 heavy (non-hydrogen) atoms. The summed E-state index contributed by atoms with van der Waals surface area (Å²) in [4.78, 5) is 36.5. The van der Waals surface area contributed by atoms with Crippen LogP contribution in [-0.4, -0.2) is 37.8 Å². The van der Waals surface area contributed by atoms with E-state index in [4.69, 9.17) is 9.79 Å². The summed E-state index contributed by atoms with van der Waals surface area (Å²) < 4.78 is 28.5. The fourth-order valence-corrected chi connectivity index (χ4v) is 2.78. The molecule has 0 fully saturated rings. The van der Waals surface area contributed by atoms with Gasteiger partial charge in [-0.25, -0.2) is 13.9 Å². The Bertz CT molecular complexity index is 1110. The number of nitro groups is 1. The first-order valence-electron chi connectivity index (χ1n) is 8.14. The van der Waals surface area contributed by atoms with Crippen LogP contribution in [0.15, 0.2) is 42.5 Å². The fraction of sp³-hybridized carbons (Fsp3) is 0.125. The van der Waals surface area contributed by atoms with Crippen molar-refractivity contribution >= 4 is 41.9 Å². The Morgan fingerprint density at radius 3 is 2.69 bits per heavy atom. The topological polar surface area (TPSA) is 160 Å². The monoisotopic (exact) mass is 423 g/mol. The molecule has 0 bridgehead atoms. The number of nitro benzene ring substituents is 1. The van der Waals surface area contributed by atoms with Crippen LogP contribution in [0.3, 0.4) is 0 Å². The maximum atomic E-state index is 13.4. The highest BCUT2D eigenvalue weighted by Gasteiger charge is 2.15. The summed E-state index contributed by atoms with van der Waals surface area (Å²) in [6.45, 7) is -0.378. The van der Waals surface area contributed by atoms with Crippen LogP contribution in [0.25, 0.3) is 10.9 Å². The lowest BCUT2D eigenvalue weighted by atomic mass is 10.2. The number of rotatable bonds is 8. The molecular formula is C16H15FN5O6P. The number of non-ortho nitro benzene ring substituents is 1. The van der Waals surface area contributed by atoms with Crippen molar-refractivity contribution in [3.8, 4) is 0 Å². The zero-order valence-corrected chi connectivity index (χ0v) is 15.5. The SMILES string of the molecule is O=[N+]([O-])c1ccc2nc(Nc3cccc(F)c3)nc(NCCOP(=O)(O)O)c2c1. The Hall–Kier alpha value is -3.18. The molecule has 152 valence electrons. The van der Waals surface area contributed by atoms with E-state index in [-0.39, 0.29) is 30.6 Å². The summed E-state index contributed by atoms with van der Waals surface area (Å²) in [5.74, 6) is -0.193. The number of benzene rings is 2. The predicted octanol–water partition coefficient (Wildman–Crippen LogP) is 2.94. The molecule has 0 aliphatic carbocycles. The average Bonchev–Trinajstić information content (AvgIpc) is 2.64. The molecule has 3 rings (SSSR count). The van der Waals surface area contributed by atoms with E-state index in [1.165, 1.54) is 36.4 Å². The molecule has 1 aromatic heterocycles. The molecular weight excluding hydrogens is 408 g/mol. The van der Waals surface area contributed by atoms with Crippen molar-refractivity contribution in [3.05, 3.63) is 58.4 Å². The highest BCUT2D eigenvalue weighted by molar-refractivity contribution is 7.46. The maximum absolute atomic E-state index is 13.4. The van der Waals surface area contributed by atoms with Crippen molar-refractivity contribution in [2.45, 2.75) is 0 Å². The van der Waals surface area contributed by atoms with E-state index in [0.717, 1.165) is 0 Å². The number of nitrogens with zero attached hydrogens (tertiary/aromatic N) is 3. The fourth-order valence-electron chi connectivity index (χ4n) is 2.45. The molecule has 13 heteroatoms. The predicted molar refractivity (Wildman–Crippen MR) is 102 cm³/mol. The van der Waals surface area contributed by atoms with Crippen LogP contribution in [0.2, 0.25) is 0 Å². The largest absolute Gasteiger partial charge is 0.469 e. The lowest BCUT2D eigenvalue weighted by Gasteiger charge is -2.12. The smallest absolute Gasteiger partial charge is 0.367 e. The van der Waals surface area contributed by atoms with Gasteiger partial charge in [0.2, 0.25) is 5.95 Å². The van der Waals surface area contributed by atoms with Gasteiger partial charge in [0.15, 0.2) is 0 Å². The number of phosphoric ester groups is 1. The van der Waals surface area contributed by atoms with E-state index in [0.29, 0.717) is 16.6 Å². The molecule has 0 aliphatic heterocycles. The minimum absolute atomic E-state index is 0.0423. The Balaban J connectivity index is 1.93. The van der Waals surface area contributed by atoms with Crippen molar-refractivity contribution in [3.63, 3.8) is 0 Å². The lowest BCUT2D eigenvalue weighted by molar-refractivity contribution is -0.384. The Kier molecular flexibility index (Phi) is 5.99. The third-order valence-corrected chi connectivity index (χ3v) is 4.14. The van der Waals surface area contributed by atoms with E-state index in [1.54, 1.807) is 6.07 Å². The van der Waals surface area contributed by atoms with Crippen LogP contribution in [0.5, 0.6) is 0 Å². The van der Waals surface area contributed by atoms with Crippen molar-refractivity contribution in [2.24, 2.45) is 0 Å². The van der Waals surface area contributed by atoms with Crippen LogP contribution in [-0.2, 0) is 9.09 Å². The number of anilines is 3. The van der Waals surface area contributed by atoms with Crippen LogP contribution < -0.4 is 10.6 Å². The van der Waals surface area contributed by atoms with Gasteiger partial charge in [0.05, 0.1) is 17.0 Å². The highest BCUT2D eigenvalue weighted by Crippen LogP contribution is 2.35. The van der Waals surface area contributed by atoms with Gasteiger partial charge in [0.25, 0.3) is 5.69 Å². The quantitative estimate of drug-likeness (QED) is 0.184. The van der Waals surface area contributed by atoms with Crippen molar-refractivity contribution in [1.29, 1.82) is 0 Å². The Morgan fingerprint density at radius 2 is 2.00 bits per heavy atom. The lowest BCUT2D eigenvalue weighted by Crippen LogP contribution is -2.11. The molecule has 0 atom stereocenters. The summed E-state index contributed by atoms with van der Waals surface area (Å²) in [5.41, 5.74) is 0.575. The number of fused-ring (bicyclic) bond motifs is 1. The molecule has 0 spiro atoms. The van der Waals surface area contributed by atoms with Crippen LogP contribution >= 0.6 is 7.82 Å². The van der Waals surface area contributed by atoms with Gasteiger partial charge in [0.1, 0.15) is 11.6 Å². The van der Waals surface area contributed by atoms with E-state index >= 15 is 0 Å². The number of aromatic nitrogens is 2. The maximum Gasteiger partial charge on any atom is 0.469 e. The molecule has 0 saturated carbocycles. The first kappa shape index (κ1) is 20.6. The van der Waals surface area contributed by atoms with Gasteiger partial charge >= 0.3 is 7.82 Å². The van der Waals surface area contributed by atoms with Gasteiger partial charge in [-0.3, -0.25) is 14.6 Å². The third kappa shape index (κ3) is 5.65. The first-order chi connectivity index (χ1) is 13.7. The molecule has 0 saturated heterocycles. The standard InChI is InChI=1S/C16H15FN5O6P/c17-10-2-1-3-11(8-10)19-16-20-14-5-4-12(22(23)24)9-13(14)15(21-16)18-6-7-28-29(25,26)27/h1-5,8-9H,6-7H2,(H2,25,26,27)(H2,18,19,20,21). The number of hydrogen-bond acceptors (Lipinski definition) is 8. The summed E-state index contributed by atoms with van der Waals surface area (Å²) in [6.07, 6.45) is 0. The van der Waals surface area contributed by atoms with Crippen molar-refractivity contribution in [2.75, 3.05) is 23.8 Å². The summed E-state index contributed by atoms with van der Waals surface area (Å²) >= 11 is 0. The minimum atomic E-state index is -4.63. The van der Waals surface area contributed by atoms with E-state index < -0.39 is 18.6 Å².